The number of carbonyl (C=O) groups excluding carboxylic acids is 1. The highest BCUT2D eigenvalue weighted by Gasteiger charge is 2.28. The lowest BCUT2D eigenvalue weighted by Crippen LogP contribution is -2.41. The van der Waals surface area contributed by atoms with E-state index in [1.54, 1.807) is 0 Å². The lowest BCUT2D eigenvalue weighted by molar-refractivity contribution is 0.0383. The Morgan fingerprint density at radius 3 is 2.76 bits per heavy atom. The predicted octanol–water partition coefficient (Wildman–Crippen LogP) is 2.25. The summed E-state index contributed by atoms with van der Waals surface area (Å²) in [5.41, 5.74) is 2.00. The predicted molar refractivity (Wildman–Crippen MR) is 98.5 cm³/mol. The van der Waals surface area contributed by atoms with Gasteiger partial charge in [-0.15, -0.1) is 11.3 Å². The van der Waals surface area contributed by atoms with Crippen molar-refractivity contribution in [2.75, 3.05) is 39.4 Å². The third kappa shape index (κ3) is 3.54. The first-order valence-electron chi connectivity index (χ1n) is 8.99. The monoisotopic (exact) mass is 360 g/mol. The molecule has 2 aromatic rings. The van der Waals surface area contributed by atoms with Crippen molar-refractivity contribution in [2.24, 2.45) is 0 Å². The number of nitrogens with zero attached hydrogens (tertiary/aromatic N) is 3. The molecule has 3 heterocycles. The number of nitrogens with one attached hydrogen (secondary N) is 1. The number of fused-ring (bicyclic) bond motifs is 1. The normalized spacial score (nSPS) is 18.6. The minimum atomic E-state index is 0.00105. The Morgan fingerprint density at radius 1 is 1.28 bits per heavy atom. The molecular formula is C18H24N4O2S. The van der Waals surface area contributed by atoms with Gasteiger partial charge in [-0.2, -0.15) is 0 Å². The molecular weight excluding hydrogens is 336 g/mol. The quantitative estimate of drug-likeness (QED) is 0.886. The summed E-state index contributed by atoms with van der Waals surface area (Å²) in [6.45, 7) is 9.00. The Kier molecular flexibility index (Phi) is 4.71. The number of aromatic nitrogens is 2. The first-order chi connectivity index (χ1) is 12.1. The van der Waals surface area contributed by atoms with Crippen molar-refractivity contribution >= 4 is 27.5 Å². The van der Waals surface area contributed by atoms with Crippen LogP contribution in [0.25, 0.3) is 10.2 Å². The molecule has 0 radical (unpaired) electrons. The molecule has 7 heteroatoms. The van der Waals surface area contributed by atoms with E-state index in [1.807, 2.05) is 13.8 Å². The van der Waals surface area contributed by atoms with Gasteiger partial charge < -0.3 is 10.1 Å². The number of morpholine rings is 1. The second-order valence-corrected chi connectivity index (χ2v) is 7.89. The lowest BCUT2D eigenvalue weighted by Gasteiger charge is -2.26. The Hall–Kier alpha value is -1.57. The van der Waals surface area contributed by atoms with Crippen LogP contribution in [0.5, 0.6) is 0 Å². The fraction of sp³-hybridized carbons (Fsp3) is 0.611. The van der Waals surface area contributed by atoms with Gasteiger partial charge in [-0.3, -0.25) is 9.69 Å². The first kappa shape index (κ1) is 16.9. The summed E-state index contributed by atoms with van der Waals surface area (Å²) in [6, 6.07) is 0. The molecule has 6 nitrogen and oxygen atoms in total. The van der Waals surface area contributed by atoms with Crippen LogP contribution in [0.4, 0.5) is 0 Å². The molecule has 1 aliphatic heterocycles. The van der Waals surface area contributed by atoms with Crippen LogP contribution in [0.2, 0.25) is 0 Å². The van der Waals surface area contributed by atoms with Gasteiger partial charge in [-0.25, -0.2) is 9.97 Å². The summed E-state index contributed by atoms with van der Waals surface area (Å²) >= 11 is 1.49. The maximum absolute atomic E-state index is 12.6. The second kappa shape index (κ2) is 6.97. The molecule has 2 aromatic heterocycles. The van der Waals surface area contributed by atoms with E-state index in [1.165, 1.54) is 24.2 Å². The molecule has 1 saturated carbocycles. The number of hydrogen-bond acceptors (Lipinski definition) is 6. The summed E-state index contributed by atoms with van der Waals surface area (Å²) in [7, 11) is 0. The summed E-state index contributed by atoms with van der Waals surface area (Å²) in [5, 5.41) is 4.11. The van der Waals surface area contributed by atoms with Crippen LogP contribution in [0.3, 0.4) is 0 Å². The van der Waals surface area contributed by atoms with Gasteiger partial charge in [0, 0.05) is 37.5 Å². The average Bonchev–Trinajstić information content (AvgIpc) is 3.40. The van der Waals surface area contributed by atoms with Crippen LogP contribution in [0, 0.1) is 13.8 Å². The molecule has 1 N–H and O–H groups in total. The largest absolute Gasteiger partial charge is 0.379 e. The van der Waals surface area contributed by atoms with Crippen LogP contribution >= 0.6 is 11.3 Å². The molecule has 2 aliphatic rings. The second-order valence-electron chi connectivity index (χ2n) is 6.89. The number of aryl methyl sites for hydroxylation is 2. The van der Waals surface area contributed by atoms with Gasteiger partial charge in [0.1, 0.15) is 10.7 Å². The van der Waals surface area contributed by atoms with E-state index in [-0.39, 0.29) is 5.91 Å². The molecule has 2 fully saturated rings. The van der Waals surface area contributed by atoms with Crippen LogP contribution < -0.4 is 5.32 Å². The summed E-state index contributed by atoms with van der Waals surface area (Å²) in [6.07, 6.45) is 2.37. The maximum atomic E-state index is 12.6. The molecule has 1 saturated heterocycles. The summed E-state index contributed by atoms with van der Waals surface area (Å²) in [4.78, 5) is 26.0. The van der Waals surface area contributed by atoms with E-state index in [0.29, 0.717) is 12.5 Å². The Morgan fingerprint density at radius 2 is 2.04 bits per heavy atom. The third-order valence-electron chi connectivity index (χ3n) is 4.95. The number of rotatable bonds is 5. The highest BCUT2D eigenvalue weighted by molar-refractivity contribution is 7.20. The van der Waals surface area contributed by atoms with Gasteiger partial charge in [-0.05, 0) is 32.3 Å². The Balaban J connectivity index is 1.47. The number of ether oxygens (including phenoxy) is 1. The van der Waals surface area contributed by atoms with E-state index in [4.69, 9.17) is 9.72 Å². The van der Waals surface area contributed by atoms with Crippen molar-refractivity contribution in [3.63, 3.8) is 0 Å². The number of carbonyl (C=O) groups is 1. The van der Waals surface area contributed by atoms with E-state index in [0.717, 1.165) is 65.0 Å². The van der Waals surface area contributed by atoms with Crippen molar-refractivity contribution < 1.29 is 9.53 Å². The van der Waals surface area contributed by atoms with Gasteiger partial charge in [0.05, 0.1) is 23.8 Å². The third-order valence-corrected chi connectivity index (χ3v) is 6.14. The molecule has 134 valence electrons. The number of amides is 1. The first-order valence-corrected chi connectivity index (χ1v) is 9.81. The van der Waals surface area contributed by atoms with Gasteiger partial charge >= 0.3 is 0 Å². The summed E-state index contributed by atoms with van der Waals surface area (Å²) < 4.78 is 5.35. The number of thiophene rings is 1. The van der Waals surface area contributed by atoms with Crippen molar-refractivity contribution in [2.45, 2.75) is 32.6 Å². The minimum Gasteiger partial charge on any atom is -0.379 e. The van der Waals surface area contributed by atoms with Crippen molar-refractivity contribution in [3.05, 3.63) is 22.0 Å². The standard InChI is InChI=1S/C18H24N4O2S/c1-11-14-12(2)20-16(13-3-4-13)21-18(14)25-15(11)17(23)19-5-6-22-7-9-24-10-8-22/h13H,3-10H2,1-2H3,(H,19,23). The van der Waals surface area contributed by atoms with E-state index < -0.39 is 0 Å². The van der Waals surface area contributed by atoms with Gasteiger partial charge in [0.15, 0.2) is 0 Å². The minimum absolute atomic E-state index is 0.00105. The van der Waals surface area contributed by atoms with Crippen LogP contribution in [-0.2, 0) is 4.74 Å². The molecule has 4 rings (SSSR count). The highest BCUT2D eigenvalue weighted by atomic mass is 32.1. The van der Waals surface area contributed by atoms with Crippen molar-refractivity contribution in [1.82, 2.24) is 20.2 Å². The van der Waals surface area contributed by atoms with Crippen molar-refractivity contribution in [1.29, 1.82) is 0 Å². The topological polar surface area (TPSA) is 67.4 Å². The van der Waals surface area contributed by atoms with E-state index in [9.17, 15) is 4.79 Å². The zero-order valence-electron chi connectivity index (χ0n) is 14.8. The molecule has 0 spiro atoms. The SMILES string of the molecule is Cc1nc(C2CC2)nc2sc(C(=O)NCCN3CCOCC3)c(C)c12. The smallest absolute Gasteiger partial charge is 0.261 e. The molecule has 25 heavy (non-hydrogen) atoms. The summed E-state index contributed by atoms with van der Waals surface area (Å²) in [5.74, 6) is 1.47. The fourth-order valence-electron chi connectivity index (χ4n) is 3.33. The van der Waals surface area contributed by atoms with E-state index >= 15 is 0 Å². The van der Waals surface area contributed by atoms with Crippen molar-refractivity contribution in [3.8, 4) is 0 Å². The number of hydrogen-bond donors (Lipinski definition) is 1. The van der Waals surface area contributed by atoms with Crippen LogP contribution in [-0.4, -0.2) is 60.2 Å². The van der Waals surface area contributed by atoms with E-state index in [2.05, 4.69) is 15.2 Å². The molecule has 0 aromatic carbocycles. The Bertz CT molecular complexity index is 794. The van der Waals surface area contributed by atoms with Crippen LogP contribution in [0.1, 0.15) is 45.5 Å². The molecule has 0 bridgehead atoms. The average molecular weight is 360 g/mol. The molecule has 0 atom stereocenters. The highest BCUT2D eigenvalue weighted by Crippen LogP contribution is 2.40. The maximum Gasteiger partial charge on any atom is 0.261 e. The molecule has 1 amide bonds. The lowest BCUT2D eigenvalue weighted by atomic mass is 10.1. The molecule has 0 unspecified atom stereocenters. The van der Waals surface area contributed by atoms with Gasteiger partial charge in [0.25, 0.3) is 5.91 Å². The Labute approximate surface area is 151 Å². The van der Waals surface area contributed by atoms with Gasteiger partial charge in [0.2, 0.25) is 0 Å². The fourth-order valence-corrected chi connectivity index (χ4v) is 4.49. The molecule has 1 aliphatic carbocycles. The zero-order valence-corrected chi connectivity index (χ0v) is 15.6. The zero-order chi connectivity index (χ0) is 17.4. The van der Waals surface area contributed by atoms with Gasteiger partial charge in [-0.1, -0.05) is 0 Å². The van der Waals surface area contributed by atoms with Crippen LogP contribution in [0.15, 0.2) is 0 Å².